The van der Waals surface area contributed by atoms with Crippen molar-refractivity contribution >= 4 is 17.5 Å². The van der Waals surface area contributed by atoms with Crippen LogP contribution in [-0.2, 0) is 9.59 Å². The molecule has 0 saturated carbocycles. The zero-order chi connectivity index (χ0) is 13.7. The minimum absolute atomic E-state index is 0.0710. The smallest absolute Gasteiger partial charge is 0.242 e. The first-order chi connectivity index (χ1) is 9.15. The van der Waals surface area contributed by atoms with Gasteiger partial charge >= 0.3 is 0 Å². The van der Waals surface area contributed by atoms with Gasteiger partial charge in [-0.15, -0.1) is 0 Å². The molecule has 1 saturated heterocycles. The third kappa shape index (κ3) is 3.87. The Hall–Kier alpha value is -2.24. The maximum absolute atomic E-state index is 11.6. The molecule has 2 amide bonds. The van der Waals surface area contributed by atoms with Crippen LogP contribution in [0.2, 0.25) is 0 Å². The number of benzene rings is 1. The van der Waals surface area contributed by atoms with Gasteiger partial charge in [0.25, 0.3) is 0 Å². The van der Waals surface area contributed by atoms with Gasteiger partial charge in [-0.05, 0) is 30.7 Å². The molecule has 102 valence electrons. The molecular weight excluding hydrogens is 246 g/mol. The molecule has 1 aliphatic heterocycles. The van der Waals surface area contributed by atoms with Crippen LogP contribution in [0.3, 0.4) is 0 Å². The van der Waals surface area contributed by atoms with E-state index in [1.165, 1.54) is 0 Å². The number of carbonyl (C=O) groups excluding carboxylic acids is 2. The number of nitrogens with one attached hydrogen (secondary N) is 2. The average molecular weight is 263 g/mol. The minimum atomic E-state index is -0.399. The zero-order valence-corrected chi connectivity index (χ0v) is 10.5. The standard InChI is InChI=1S/C13H17N3O3/c14-9-1-3-10(4-2-9)19-8-7-15-13(18)11-5-6-12(17)16-11/h1-4,11H,5-8,14H2,(H,15,18)(H,16,17)/t11-/m0/s1. The van der Waals surface area contributed by atoms with Crippen LogP contribution in [-0.4, -0.2) is 31.0 Å². The molecule has 1 fully saturated rings. The SMILES string of the molecule is Nc1ccc(OCCNC(=O)[C@@H]2CCC(=O)N2)cc1. The number of nitrogens with two attached hydrogens (primary N) is 1. The van der Waals surface area contributed by atoms with Gasteiger partial charge in [0.15, 0.2) is 0 Å². The highest BCUT2D eigenvalue weighted by Crippen LogP contribution is 2.12. The number of carbonyl (C=O) groups is 2. The first kappa shape index (κ1) is 13.2. The predicted octanol–water partition coefficient (Wildman–Crippen LogP) is 0.0424. The largest absolute Gasteiger partial charge is 0.492 e. The molecule has 2 rings (SSSR count). The van der Waals surface area contributed by atoms with E-state index in [1.54, 1.807) is 24.3 Å². The van der Waals surface area contributed by atoms with Gasteiger partial charge in [-0.3, -0.25) is 9.59 Å². The molecule has 0 unspecified atom stereocenters. The molecule has 1 atom stereocenters. The van der Waals surface area contributed by atoms with Crippen molar-refractivity contribution in [2.45, 2.75) is 18.9 Å². The average Bonchev–Trinajstić information content (AvgIpc) is 2.83. The van der Waals surface area contributed by atoms with Gasteiger partial charge < -0.3 is 21.1 Å². The molecule has 0 aromatic heterocycles. The van der Waals surface area contributed by atoms with Crippen LogP contribution in [0.15, 0.2) is 24.3 Å². The molecule has 0 spiro atoms. The van der Waals surface area contributed by atoms with Crippen molar-refractivity contribution in [2.24, 2.45) is 0 Å². The number of hydrogen-bond acceptors (Lipinski definition) is 4. The van der Waals surface area contributed by atoms with Crippen LogP contribution in [0.5, 0.6) is 5.75 Å². The zero-order valence-electron chi connectivity index (χ0n) is 10.5. The minimum Gasteiger partial charge on any atom is -0.492 e. The molecule has 1 heterocycles. The van der Waals surface area contributed by atoms with E-state index in [1.807, 2.05) is 0 Å². The maximum Gasteiger partial charge on any atom is 0.242 e. The van der Waals surface area contributed by atoms with Crippen LogP contribution in [0.1, 0.15) is 12.8 Å². The highest BCUT2D eigenvalue weighted by molar-refractivity contribution is 5.90. The van der Waals surface area contributed by atoms with Crippen molar-refractivity contribution in [3.63, 3.8) is 0 Å². The third-order valence-corrected chi connectivity index (χ3v) is 2.86. The van der Waals surface area contributed by atoms with E-state index in [0.717, 1.165) is 0 Å². The Kier molecular flexibility index (Phi) is 4.22. The summed E-state index contributed by atoms with van der Waals surface area (Å²) in [5.41, 5.74) is 6.23. The molecule has 6 nitrogen and oxygen atoms in total. The lowest BCUT2D eigenvalue weighted by atomic mass is 10.2. The number of amides is 2. The molecule has 0 radical (unpaired) electrons. The van der Waals surface area contributed by atoms with Gasteiger partial charge in [0.05, 0.1) is 6.54 Å². The Morgan fingerprint density at radius 1 is 1.42 bits per heavy atom. The fraction of sp³-hybridized carbons (Fsp3) is 0.385. The highest BCUT2D eigenvalue weighted by Gasteiger charge is 2.26. The van der Waals surface area contributed by atoms with Gasteiger partial charge in [-0.2, -0.15) is 0 Å². The van der Waals surface area contributed by atoms with Gasteiger partial charge in [0.1, 0.15) is 18.4 Å². The van der Waals surface area contributed by atoms with Crippen molar-refractivity contribution in [3.05, 3.63) is 24.3 Å². The van der Waals surface area contributed by atoms with Crippen LogP contribution >= 0.6 is 0 Å². The second-order valence-corrected chi connectivity index (χ2v) is 4.37. The Morgan fingerprint density at radius 2 is 2.16 bits per heavy atom. The van der Waals surface area contributed by atoms with Crippen molar-refractivity contribution in [2.75, 3.05) is 18.9 Å². The quantitative estimate of drug-likeness (QED) is 0.516. The Bertz CT molecular complexity index is 459. The molecule has 0 bridgehead atoms. The summed E-state index contributed by atoms with van der Waals surface area (Å²) >= 11 is 0. The lowest BCUT2D eigenvalue weighted by molar-refractivity contribution is -0.125. The van der Waals surface area contributed by atoms with Crippen molar-refractivity contribution in [1.29, 1.82) is 0 Å². The van der Waals surface area contributed by atoms with Gasteiger partial charge in [0, 0.05) is 12.1 Å². The summed E-state index contributed by atoms with van der Waals surface area (Å²) in [6.07, 6.45) is 0.976. The van der Waals surface area contributed by atoms with E-state index >= 15 is 0 Å². The van der Waals surface area contributed by atoms with E-state index in [4.69, 9.17) is 10.5 Å². The Morgan fingerprint density at radius 3 is 2.79 bits per heavy atom. The molecule has 1 aliphatic rings. The van der Waals surface area contributed by atoms with Crippen LogP contribution < -0.4 is 21.1 Å². The molecule has 1 aromatic carbocycles. The summed E-state index contributed by atoms with van der Waals surface area (Å²) in [6.45, 7) is 0.770. The predicted molar refractivity (Wildman–Crippen MR) is 70.5 cm³/mol. The van der Waals surface area contributed by atoms with Crippen molar-refractivity contribution < 1.29 is 14.3 Å². The first-order valence-electron chi connectivity index (χ1n) is 6.20. The van der Waals surface area contributed by atoms with Crippen LogP contribution in [0.25, 0.3) is 0 Å². The lowest BCUT2D eigenvalue weighted by Crippen LogP contribution is -2.42. The monoisotopic (exact) mass is 263 g/mol. The van der Waals surface area contributed by atoms with E-state index in [2.05, 4.69) is 10.6 Å². The van der Waals surface area contributed by atoms with E-state index in [0.29, 0.717) is 37.4 Å². The Balaban J connectivity index is 1.65. The topological polar surface area (TPSA) is 93.4 Å². The molecule has 19 heavy (non-hydrogen) atoms. The number of rotatable bonds is 5. The molecule has 1 aromatic rings. The summed E-state index contributed by atoms with van der Waals surface area (Å²) in [7, 11) is 0. The van der Waals surface area contributed by atoms with Crippen molar-refractivity contribution in [1.82, 2.24) is 10.6 Å². The summed E-state index contributed by atoms with van der Waals surface area (Å²) in [5.74, 6) is 0.475. The summed E-state index contributed by atoms with van der Waals surface area (Å²) < 4.78 is 5.44. The Labute approximate surface area is 111 Å². The van der Waals surface area contributed by atoms with E-state index in [9.17, 15) is 9.59 Å². The number of ether oxygens (including phenoxy) is 1. The highest BCUT2D eigenvalue weighted by atomic mass is 16.5. The van der Waals surface area contributed by atoms with Gasteiger partial charge in [0.2, 0.25) is 11.8 Å². The number of nitrogen functional groups attached to an aromatic ring is 1. The second kappa shape index (κ2) is 6.08. The van der Waals surface area contributed by atoms with Crippen LogP contribution in [0.4, 0.5) is 5.69 Å². The maximum atomic E-state index is 11.6. The normalized spacial score (nSPS) is 17.9. The van der Waals surface area contributed by atoms with E-state index in [-0.39, 0.29) is 11.8 Å². The first-order valence-corrected chi connectivity index (χ1v) is 6.20. The summed E-state index contributed by atoms with van der Waals surface area (Å²) in [5, 5.41) is 5.34. The van der Waals surface area contributed by atoms with Gasteiger partial charge in [-0.1, -0.05) is 0 Å². The second-order valence-electron chi connectivity index (χ2n) is 4.37. The fourth-order valence-corrected chi connectivity index (χ4v) is 1.84. The molecular formula is C13H17N3O3. The molecule has 4 N–H and O–H groups in total. The molecule has 6 heteroatoms. The number of hydrogen-bond donors (Lipinski definition) is 3. The number of anilines is 1. The van der Waals surface area contributed by atoms with Gasteiger partial charge in [-0.25, -0.2) is 0 Å². The van der Waals surface area contributed by atoms with Crippen molar-refractivity contribution in [3.8, 4) is 5.75 Å². The lowest BCUT2D eigenvalue weighted by Gasteiger charge is -2.11. The fourth-order valence-electron chi connectivity index (χ4n) is 1.84. The van der Waals surface area contributed by atoms with Crippen LogP contribution in [0, 0.1) is 0 Å². The van der Waals surface area contributed by atoms with E-state index < -0.39 is 6.04 Å². The molecule has 0 aliphatic carbocycles. The summed E-state index contributed by atoms with van der Waals surface area (Å²) in [4.78, 5) is 22.6. The third-order valence-electron chi connectivity index (χ3n) is 2.86. The summed E-state index contributed by atoms with van der Waals surface area (Å²) in [6, 6.07) is 6.65.